The number of phenolic OH excluding ortho intramolecular Hbond substituents is 1. The van der Waals surface area contributed by atoms with Crippen molar-refractivity contribution in [3.63, 3.8) is 0 Å². The third-order valence-corrected chi connectivity index (χ3v) is 4.00. The molecule has 0 aliphatic rings. The largest absolute Gasteiger partial charge is 0.508 e. The average molecular weight is 294 g/mol. The van der Waals surface area contributed by atoms with E-state index in [2.05, 4.69) is 9.71 Å². The van der Waals surface area contributed by atoms with Gasteiger partial charge in [0.15, 0.2) is 0 Å². The molecule has 20 heavy (non-hydrogen) atoms. The first-order valence-electron chi connectivity index (χ1n) is 5.79. The Kier molecular flexibility index (Phi) is 4.21. The number of pyridine rings is 1. The Hall–Kier alpha value is -2.12. The summed E-state index contributed by atoms with van der Waals surface area (Å²) in [7, 11) is -2.18. The van der Waals surface area contributed by atoms with Crippen LogP contribution in [0.5, 0.6) is 11.6 Å². The second-order valence-corrected chi connectivity index (χ2v) is 5.80. The lowest BCUT2D eigenvalue weighted by molar-refractivity contribution is 0.397. The molecule has 0 atom stereocenters. The number of phenols is 1. The van der Waals surface area contributed by atoms with E-state index < -0.39 is 10.0 Å². The average Bonchev–Trinajstić information content (AvgIpc) is 2.45. The molecule has 7 heteroatoms. The molecular formula is C13H14N2O4S. The SMILES string of the molecule is COc1cc(CNS(=O)(=O)c2cccc(O)c2)ccn1. The van der Waals surface area contributed by atoms with Crippen molar-refractivity contribution >= 4 is 10.0 Å². The van der Waals surface area contributed by atoms with Crippen LogP contribution in [0.25, 0.3) is 0 Å². The maximum absolute atomic E-state index is 12.0. The molecule has 0 saturated carbocycles. The molecule has 0 bridgehead atoms. The summed E-state index contributed by atoms with van der Waals surface area (Å²) < 4.78 is 31.5. The smallest absolute Gasteiger partial charge is 0.241 e. The molecular weight excluding hydrogens is 280 g/mol. The minimum absolute atomic E-state index is 0.0125. The van der Waals surface area contributed by atoms with Crippen molar-refractivity contribution in [3.05, 3.63) is 48.2 Å². The zero-order valence-electron chi connectivity index (χ0n) is 10.8. The molecule has 0 unspecified atom stereocenters. The van der Waals surface area contributed by atoms with Crippen LogP contribution in [0.2, 0.25) is 0 Å². The fraction of sp³-hybridized carbons (Fsp3) is 0.154. The highest BCUT2D eigenvalue weighted by Gasteiger charge is 2.14. The molecule has 0 aliphatic heterocycles. The predicted octanol–water partition coefficient (Wildman–Crippen LogP) is 1.27. The number of ether oxygens (including phenoxy) is 1. The van der Waals surface area contributed by atoms with Crippen LogP contribution in [0.15, 0.2) is 47.5 Å². The third kappa shape index (κ3) is 3.46. The zero-order chi connectivity index (χ0) is 14.6. The van der Waals surface area contributed by atoms with E-state index in [1.807, 2.05) is 0 Å². The fourth-order valence-electron chi connectivity index (χ4n) is 1.58. The van der Waals surface area contributed by atoms with Crippen LogP contribution in [0.1, 0.15) is 5.56 Å². The lowest BCUT2D eigenvalue weighted by atomic mass is 10.3. The van der Waals surface area contributed by atoms with E-state index in [1.54, 1.807) is 12.1 Å². The number of benzene rings is 1. The van der Waals surface area contributed by atoms with Crippen LogP contribution in [-0.4, -0.2) is 25.6 Å². The molecule has 2 N–H and O–H groups in total. The van der Waals surface area contributed by atoms with E-state index in [1.165, 1.54) is 37.6 Å². The highest BCUT2D eigenvalue weighted by Crippen LogP contribution is 2.16. The highest BCUT2D eigenvalue weighted by molar-refractivity contribution is 7.89. The van der Waals surface area contributed by atoms with Crippen molar-refractivity contribution in [1.82, 2.24) is 9.71 Å². The van der Waals surface area contributed by atoms with Gasteiger partial charge in [-0.1, -0.05) is 6.07 Å². The standard InChI is InChI=1S/C13H14N2O4S/c1-19-13-7-10(5-6-14-13)9-15-20(17,18)12-4-2-3-11(16)8-12/h2-8,15-16H,9H2,1H3. The van der Waals surface area contributed by atoms with Gasteiger partial charge in [0, 0.05) is 18.8 Å². The van der Waals surface area contributed by atoms with Gasteiger partial charge in [0.2, 0.25) is 15.9 Å². The topological polar surface area (TPSA) is 88.5 Å². The van der Waals surface area contributed by atoms with Gasteiger partial charge in [-0.15, -0.1) is 0 Å². The summed E-state index contributed by atoms with van der Waals surface area (Å²) in [4.78, 5) is 3.95. The van der Waals surface area contributed by atoms with Gasteiger partial charge < -0.3 is 9.84 Å². The first kappa shape index (κ1) is 14.3. The first-order chi connectivity index (χ1) is 9.51. The lowest BCUT2D eigenvalue weighted by Gasteiger charge is -2.08. The van der Waals surface area contributed by atoms with Gasteiger partial charge in [-0.2, -0.15) is 0 Å². The number of nitrogens with one attached hydrogen (secondary N) is 1. The van der Waals surface area contributed by atoms with E-state index >= 15 is 0 Å². The molecule has 1 aromatic carbocycles. The van der Waals surface area contributed by atoms with E-state index in [4.69, 9.17) is 4.74 Å². The van der Waals surface area contributed by atoms with Crippen LogP contribution in [0.4, 0.5) is 0 Å². The Bertz CT molecular complexity index is 701. The number of hydrogen-bond donors (Lipinski definition) is 2. The maximum atomic E-state index is 12.0. The van der Waals surface area contributed by atoms with Crippen LogP contribution in [-0.2, 0) is 16.6 Å². The number of methoxy groups -OCH3 is 1. The summed E-state index contributed by atoms with van der Waals surface area (Å²) in [6.07, 6.45) is 1.54. The molecule has 0 radical (unpaired) electrons. The van der Waals surface area contributed by atoms with Gasteiger partial charge in [0.25, 0.3) is 0 Å². The number of aromatic hydroxyl groups is 1. The van der Waals surface area contributed by atoms with Gasteiger partial charge in [-0.3, -0.25) is 0 Å². The number of sulfonamides is 1. The van der Waals surface area contributed by atoms with E-state index in [9.17, 15) is 13.5 Å². The van der Waals surface area contributed by atoms with Crippen molar-refractivity contribution in [1.29, 1.82) is 0 Å². The summed E-state index contributed by atoms with van der Waals surface area (Å²) in [5, 5.41) is 9.31. The minimum Gasteiger partial charge on any atom is -0.508 e. The maximum Gasteiger partial charge on any atom is 0.241 e. The molecule has 0 fully saturated rings. The molecule has 6 nitrogen and oxygen atoms in total. The number of nitrogens with zero attached hydrogens (tertiary/aromatic N) is 1. The Morgan fingerprint density at radius 1 is 1.30 bits per heavy atom. The second-order valence-electron chi connectivity index (χ2n) is 4.03. The summed E-state index contributed by atoms with van der Waals surface area (Å²) in [5.41, 5.74) is 0.723. The number of hydrogen-bond acceptors (Lipinski definition) is 5. The van der Waals surface area contributed by atoms with Gasteiger partial charge in [0.05, 0.1) is 12.0 Å². The second kappa shape index (κ2) is 5.89. The molecule has 0 saturated heterocycles. The Balaban J connectivity index is 2.13. The Morgan fingerprint density at radius 2 is 2.10 bits per heavy atom. The third-order valence-electron chi connectivity index (χ3n) is 2.60. The fourth-order valence-corrected chi connectivity index (χ4v) is 2.64. The number of aromatic nitrogens is 1. The van der Waals surface area contributed by atoms with Crippen LogP contribution >= 0.6 is 0 Å². The first-order valence-corrected chi connectivity index (χ1v) is 7.27. The van der Waals surface area contributed by atoms with Crippen molar-refractivity contribution in [3.8, 4) is 11.6 Å². The molecule has 0 spiro atoms. The molecule has 0 aliphatic carbocycles. The molecule has 106 valence electrons. The quantitative estimate of drug-likeness (QED) is 0.867. The highest BCUT2D eigenvalue weighted by atomic mass is 32.2. The zero-order valence-corrected chi connectivity index (χ0v) is 11.6. The van der Waals surface area contributed by atoms with Gasteiger partial charge in [-0.25, -0.2) is 18.1 Å². The van der Waals surface area contributed by atoms with E-state index in [-0.39, 0.29) is 17.2 Å². The number of rotatable bonds is 5. The van der Waals surface area contributed by atoms with Crippen molar-refractivity contribution in [2.45, 2.75) is 11.4 Å². The summed E-state index contributed by atoms with van der Waals surface area (Å²) >= 11 is 0. The summed E-state index contributed by atoms with van der Waals surface area (Å²) in [6.45, 7) is 0.108. The van der Waals surface area contributed by atoms with Crippen LogP contribution in [0, 0.1) is 0 Å². The van der Waals surface area contributed by atoms with Crippen LogP contribution in [0.3, 0.4) is 0 Å². The van der Waals surface area contributed by atoms with Crippen LogP contribution < -0.4 is 9.46 Å². The summed E-state index contributed by atoms with van der Waals surface area (Å²) in [6, 6.07) is 8.81. The Morgan fingerprint density at radius 3 is 2.80 bits per heavy atom. The summed E-state index contributed by atoms with van der Waals surface area (Å²) in [5.74, 6) is 0.317. The van der Waals surface area contributed by atoms with E-state index in [0.717, 1.165) is 5.56 Å². The molecule has 1 aromatic heterocycles. The van der Waals surface area contributed by atoms with Crippen molar-refractivity contribution in [2.75, 3.05) is 7.11 Å². The normalized spacial score (nSPS) is 11.2. The molecule has 2 aromatic rings. The molecule has 1 heterocycles. The molecule has 0 amide bonds. The Labute approximate surface area is 117 Å². The lowest BCUT2D eigenvalue weighted by Crippen LogP contribution is -2.23. The van der Waals surface area contributed by atoms with Gasteiger partial charge in [-0.05, 0) is 29.8 Å². The minimum atomic E-state index is -3.67. The molecule has 2 rings (SSSR count). The van der Waals surface area contributed by atoms with Crippen molar-refractivity contribution < 1.29 is 18.3 Å². The monoisotopic (exact) mass is 294 g/mol. The predicted molar refractivity (Wildman–Crippen MR) is 72.9 cm³/mol. The van der Waals surface area contributed by atoms with Gasteiger partial charge in [0.1, 0.15) is 5.75 Å². The van der Waals surface area contributed by atoms with Crippen molar-refractivity contribution in [2.24, 2.45) is 0 Å². The van der Waals surface area contributed by atoms with Gasteiger partial charge >= 0.3 is 0 Å². The van der Waals surface area contributed by atoms with E-state index in [0.29, 0.717) is 5.88 Å².